The lowest BCUT2D eigenvalue weighted by atomic mass is 10.0. The lowest BCUT2D eigenvalue weighted by molar-refractivity contribution is 0.866. The normalized spacial score (nSPS) is 24.3. The van der Waals surface area contributed by atoms with Gasteiger partial charge in [-0.2, -0.15) is 0 Å². The Kier molecular flexibility index (Phi) is 0.842. The zero-order chi connectivity index (χ0) is 13.5. The van der Waals surface area contributed by atoms with Gasteiger partial charge in [-0.1, -0.05) is 41.8 Å². The van der Waals surface area contributed by atoms with Crippen molar-refractivity contribution in [2.24, 2.45) is 0 Å². The molecule has 0 atom stereocenters. The van der Waals surface area contributed by atoms with E-state index in [2.05, 4.69) is 15.9 Å². The highest BCUT2D eigenvalue weighted by atomic mass is 79.9. The van der Waals surface area contributed by atoms with Gasteiger partial charge in [0.25, 0.3) is 0 Å². The molecule has 0 aliphatic rings. The minimum atomic E-state index is -2.92. The molecule has 0 fully saturated rings. The standard InChI is InChI=1S/C9H11Br/c1-7(2)8-3-5-9(10)6-4-8/h3-7H,1-2H3/i1D3,2D3,7D. The number of benzene rings is 1. The molecule has 0 radical (unpaired) electrons. The molecule has 54 valence electrons. The fraction of sp³-hybridized carbons (Fsp3) is 0.333. The van der Waals surface area contributed by atoms with E-state index in [1.54, 1.807) is 0 Å². The Labute approximate surface area is 80.2 Å². The first-order valence-corrected chi connectivity index (χ1v) is 3.55. The van der Waals surface area contributed by atoms with Gasteiger partial charge in [0.15, 0.2) is 0 Å². The second kappa shape index (κ2) is 3.20. The summed E-state index contributed by atoms with van der Waals surface area (Å²) in [5.41, 5.74) is -0.0410. The van der Waals surface area contributed by atoms with Gasteiger partial charge in [-0.05, 0) is 23.6 Å². The molecule has 0 aromatic heterocycles. The van der Waals surface area contributed by atoms with Crippen molar-refractivity contribution in [3.63, 3.8) is 0 Å². The van der Waals surface area contributed by atoms with Crippen LogP contribution in [0, 0.1) is 0 Å². The topological polar surface area (TPSA) is 0 Å². The third-order valence-electron chi connectivity index (χ3n) is 1.13. The third kappa shape index (κ3) is 1.84. The van der Waals surface area contributed by atoms with E-state index in [0.717, 1.165) is 0 Å². The molecule has 0 N–H and O–H groups in total. The van der Waals surface area contributed by atoms with E-state index in [-0.39, 0.29) is 5.56 Å². The molecular formula is C9H11Br. The molecule has 10 heavy (non-hydrogen) atoms. The highest BCUT2D eigenvalue weighted by Crippen LogP contribution is 2.16. The van der Waals surface area contributed by atoms with Crippen LogP contribution in [0.4, 0.5) is 0 Å². The summed E-state index contributed by atoms with van der Waals surface area (Å²) in [5, 5.41) is 0. The van der Waals surface area contributed by atoms with E-state index in [4.69, 9.17) is 9.60 Å². The van der Waals surface area contributed by atoms with Crippen LogP contribution in [-0.2, 0) is 0 Å². The van der Waals surface area contributed by atoms with E-state index >= 15 is 0 Å². The fourth-order valence-electron chi connectivity index (χ4n) is 0.617. The maximum absolute atomic E-state index is 7.89. The lowest BCUT2D eigenvalue weighted by Gasteiger charge is -2.03. The van der Waals surface area contributed by atoms with Crippen LogP contribution in [0.5, 0.6) is 0 Å². The summed E-state index contributed by atoms with van der Waals surface area (Å²) in [6.07, 6.45) is 0. The van der Waals surface area contributed by atoms with E-state index < -0.39 is 19.6 Å². The molecule has 1 heteroatoms. The SMILES string of the molecule is [2H]C([2H])([2H])C([2H])(c1ccc(Br)cc1)C([2H])([2H])[2H]. The molecule has 0 aliphatic carbocycles. The van der Waals surface area contributed by atoms with Crippen LogP contribution in [0.3, 0.4) is 0 Å². The van der Waals surface area contributed by atoms with Crippen LogP contribution in [0.2, 0.25) is 0 Å². The van der Waals surface area contributed by atoms with Crippen molar-refractivity contribution >= 4 is 15.9 Å². The average Bonchev–Trinajstić information content (AvgIpc) is 2.14. The maximum Gasteiger partial charge on any atom is 0.0347 e. The van der Waals surface area contributed by atoms with Crippen molar-refractivity contribution in [3.8, 4) is 0 Å². The molecule has 0 spiro atoms. The minimum absolute atomic E-state index is 0.0410. The summed E-state index contributed by atoms with van der Waals surface area (Å²) < 4.78 is 52.4. The van der Waals surface area contributed by atoms with Crippen LogP contribution in [0.25, 0.3) is 0 Å². The summed E-state index contributed by atoms with van der Waals surface area (Å²) in [6.45, 7) is -5.85. The molecule has 0 saturated carbocycles. The second-order valence-electron chi connectivity index (χ2n) is 1.88. The van der Waals surface area contributed by atoms with Crippen molar-refractivity contribution in [3.05, 3.63) is 34.3 Å². The molecule has 1 aromatic rings. The first kappa shape index (κ1) is 2.63. The van der Waals surface area contributed by atoms with Crippen LogP contribution in [0.1, 0.15) is 34.8 Å². The molecule has 0 aliphatic heterocycles. The Hall–Kier alpha value is -0.300. The van der Waals surface area contributed by atoms with Gasteiger partial charge in [0.2, 0.25) is 0 Å². The molecule has 1 rings (SSSR count). The predicted octanol–water partition coefficient (Wildman–Crippen LogP) is 3.57. The van der Waals surface area contributed by atoms with Crippen LogP contribution in [0.15, 0.2) is 28.7 Å². The second-order valence-corrected chi connectivity index (χ2v) is 2.80. The molecular weight excluding hydrogens is 188 g/mol. The van der Waals surface area contributed by atoms with Crippen LogP contribution in [-0.4, -0.2) is 0 Å². The first-order chi connectivity index (χ1) is 7.50. The summed E-state index contributed by atoms with van der Waals surface area (Å²) in [7, 11) is 0. The molecule has 0 saturated heterocycles. The zero-order valence-corrected chi connectivity index (χ0v) is 6.77. The number of halogens is 1. The Morgan fingerprint density at radius 1 is 1.40 bits per heavy atom. The lowest BCUT2D eigenvalue weighted by Crippen LogP contribution is -1.84. The van der Waals surface area contributed by atoms with Gasteiger partial charge < -0.3 is 0 Å². The summed E-state index contributed by atoms with van der Waals surface area (Å²) >= 11 is 3.17. The number of rotatable bonds is 1. The summed E-state index contributed by atoms with van der Waals surface area (Å²) in [5.74, 6) is -2.61. The molecule has 0 heterocycles. The third-order valence-corrected chi connectivity index (χ3v) is 1.66. The summed E-state index contributed by atoms with van der Waals surface area (Å²) in [4.78, 5) is 0. The molecule has 0 unspecified atom stereocenters. The van der Waals surface area contributed by atoms with Gasteiger partial charge in [-0.3, -0.25) is 0 Å². The zero-order valence-electron chi connectivity index (χ0n) is 12.2. The molecule has 1 aromatic carbocycles. The molecule has 0 amide bonds. The highest BCUT2D eigenvalue weighted by molar-refractivity contribution is 9.10. The van der Waals surface area contributed by atoms with E-state index in [0.29, 0.717) is 4.47 Å². The Balaban J connectivity index is 3.41. The van der Waals surface area contributed by atoms with Gasteiger partial charge in [0.1, 0.15) is 0 Å². The van der Waals surface area contributed by atoms with Crippen molar-refractivity contribution < 1.29 is 9.60 Å². The monoisotopic (exact) mass is 205 g/mol. The Morgan fingerprint density at radius 3 is 2.50 bits per heavy atom. The van der Waals surface area contributed by atoms with Crippen LogP contribution < -0.4 is 0 Å². The van der Waals surface area contributed by atoms with Gasteiger partial charge >= 0.3 is 0 Å². The minimum Gasteiger partial charge on any atom is -0.0587 e. The average molecular weight is 206 g/mol. The first-order valence-electron chi connectivity index (χ1n) is 6.26. The van der Waals surface area contributed by atoms with Crippen molar-refractivity contribution in [2.45, 2.75) is 19.6 Å². The fourth-order valence-corrected chi connectivity index (χ4v) is 0.881. The Morgan fingerprint density at radius 2 is 2.00 bits per heavy atom. The van der Waals surface area contributed by atoms with Crippen molar-refractivity contribution in [1.29, 1.82) is 0 Å². The smallest absolute Gasteiger partial charge is 0.0347 e. The van der Waals surface area contributed by atoms with Gasteiger partial charge in [-0.15, -0.1) is 0 Å². The predicted molar refractivity (Wildman–Crippen MR) is 48.2 cm³/mol. The molecule has 0 bridgehead atoms. The van der Waals surface area contributed by atoms with Crippen molar-refractivity contribution in [1.82, 2.24) is 0 Å². The van der Waals surface area contributed by atoms with E-state index in [1.165, 1.54) is 24.3 Å². The van der Waals surface area contributed by atoms with Gasteiger partial charge in [0.05, 0.1) is 0 Å². The number of hydrogen-bond donors (Lipinski definition) is 0. The Bertz CT molecular complexity index is 375. The summed E-state index contributed by atoms with van der Waals surface area (Å²) in [6, 6.07) is 5.73. The van der Waals surface area contributed by atoms with Crippen LogP contribution >= 0.6 is 15.9 Å². The number of hydrogen-bond acceptors (Lipinski definition) is 0. The van der Waals surface area contributed by atoms with Gasteiger partial charge in [-0.25, -0.2) is 0 Å². The quantitative estimate of drug-likeness (QED) is 0.658. The van der Waals surface area contributed by atoms with Crippen molar-refractivity contribution in [2.75, 3.05) is 0 Å². The van der Waals surface area contributed by atoms with Gasteiger partial charge in [0, 0.05) is 14.1 Å². The van der Waals surface area contributed by atoms with E-state index in [9.17, 15) is 0 Å². The highest BCUT2D eigenvalue weighted by Gasteiger charge is 1.95. The van der Waals surface area contributed by atoms with E-state index in [1.807, 2.05) is 0 Å². The largest absolute Gasteiger partial charge is 0.0587 e. The molecule has 0 nitrogen and oxygen atoms in total. The maximum atomic E-state index is 7.89.